The molecule has 3 nitrogen and oxygen atoms in total. The number of rotatable bonds is 5. The van der Waals surface area contributed by atoms with Crippen LogP contribution in [-0.2, 0) is 6.61 Å². The van der Waals surface area contributed by atoms with Crippen molar-refractivity contribution in [3.05, 3.63) is 59.2 Å². The highest BCUT2D eigenvalue weighted by molar-refractivity contribution is 5.76. The third-order valence-electron chi connectivity index (χ3n) is 2.97. The van der Waals surface area contributed by atoms with Gasteiger partial charge in [-0.2, -0.15) is 0 Å². The molecule has 2 rings (SSSR count). The molecule has 0 aliphatic rings. The van der Waals surface area contributed by atoms with Crippen molar-refractivity contribution in [2.75, 3.05) is 7.11 Å². The van der Waals surface area contributed by atoms with E-state index in [1.165, 1.54) is 5.56 Å². The predicted octanol–water partition coefficient (Wildman–Crippen LogP) is 3.40. The van der Waals surface area contributed by atoms with Crippen molar-refractivity contribution in [2.24, 2.45) is 0 Å². The summed E-state index contributed by atoms with van der Waals surface area (Å²) in [5, 5.41) is 0. The van der Waals surface area contributed by atoms with Gasteiger partial charge in [0.1, 0.15) is 12.9 Å². The van der Waals surface area contributed by atoms with Gasteiger partial charge in [0.25, 0.3) is 0 Å². The van der Waals surface area contributed by atoms with Crippen molar-refractivity contribution in [2.45, 2.75) is 13.5 Å². The van der Waals surface area contributed by atoms with Gasteiger partial charge in [0.2, 0.25) is 0 Å². The van der Waals surface area contributed by atoms with E-state index in [1.54, 1.807) is 25.3 Å². The zero-order chi connectivity index (χ0) is 13.7. The number of hydrogen-bond donors (Lipinski definition) is 0. The number of hydrogen-bond acceptors (Lipinski definition) is 3. The Balaban J connectivity index is 2.19. The molecular formula is C16H16O3. The zero-order valence-corrected chi connectivity index (χ0v) is 11.1. The van der Waals surface area contributed by atoms with E-state index >= 15 is 0 Å². The summed E-state index contributed by atoms with van der Waals surface area (Å²) in [5.41, 5.74) is 2.86. The van der Waals surface area contributed by atoms with Crippen LogP contribution in [0.2, 0.25) is 0 Å². The molecule has 0 unspecified atom stereocenters. The molecule has 0 atom stereocenters. The topological polar surface area (TPSA) is 35.5 Å². The monoisotopic (exact) mass is 256 g/mol. The second-order valence-corrected chi connectivity index (χ2v) is 4.24. The van der Waals surface area contributed by atoms with Crippen LogP contribution < -0.4 is 9.47 Å². The molecule has 2 aromatic carbocycles. The van der Waals surface area contributed by atoms with Gasteiger partial charge < -0.3 is 9.47 Å². The average molecular weight is 256 g/mol. The molecule has 0 saturated carbocycles. The summed E-state index contributed by atoms with van der Waals surface area (Å²) in [6.45, 7) is 2.49. The minimum atomic E-state index is 0.450. The Kier molecular flexibility index (Phi) is 4.18. The first-order valence-electron chi connectivity index (χ1n) is 6.05. The van der Waals surface area contributed by atoms with Crippen LogP contribution in [0.3, 0.4) is 0 Å². The van der Waals surface area contributed by atoms with Gasteiger partial charge >= 0.3 is 0 Å². The summed E-state index contributed by atoms with van der Waals surface area (Å²) in [5.74, 6) is 1.20. The largest absolute Gasteiger partial charge is 0.493 e. The van der Waals surface area contributed by atoms with Crippen LogP contribution in [-0.4, -0.2) is 13.4 Å². The van der Waals surface area contributed by atoms with E-state index in [0.717, 1.165) is 11.8 Å². The van der Waals surface area contributed by atoms with E-state index < -0.39 is 0 Å². The molecule has 0 amide bonds. The van der Waals surface area contributed by atoms with Crippen LogP contribution in [0.15, 0.2) is 42.5 Å². The first kappa shape index (κ1) is 13.1. The van der Waals surface area contributed by atoms with Crippen LogP contribution in [0.25, 0.3) is 0 Å². The van der Waals surface area contributed by atoms with Gasteiger partial charge in [-0.1, -0.05) is 24.3 Å². The summed E-state index contributed by atoms with van der Waals surface area (Å²) >= 11 is 0. The predicted molar refractivity (Wildman–Crippen MR) is 73.9 cm³/mol. The number of ether oxygens (including phenoxy) is 2. The van der Waals surface area contributed by atoms with Gasteiger partial charge in [-0.15, -0.1) is 0 Å². The Bertz CT molecular complexity index is 576. The van der Waals surface area contributed by atoms with Gasteiger partial charge in [-0.25, -0.2) is 0 Å². The van der Waals surface area contributed by atoms with Crippen molar-refractivity contribution in [3.63, 3.8) is 0 Å². The van der Waals surface area contributed by atoms with Crippen molar-refractivity contribution in [1.82, 2.24) is 0 Å². The molecule has 0 fully saturated rings. The van der Waals surface area contributed by atoms with Gasteiger partial charge in [-0.3, -0.25) is 4.79 Å². The molecule has 0 aliphatic carbocycles. The number of benzene rings is 2. The first-order chi connectivity index (χ1) is 9.24. The summed E-state index contributed by atoms with van der Waals surface area (Å²) < 4.78 is 11.0. The van der Waals surface area contributed by atoms with Crippen LogP contribution in [0.4, 0.5) is 0 Å². The fourth-order valence-corrected chi connectivity index (χ4v) is 1.81. The van der Waals surface area contributed by atoms with E-state index in [4.69, 9.17) is 9.47 Å². The van der Waals surface area contributed by atoms with Gasteiger partial charge in [0.15, 0.2) is 11.5 Å². The van der Waals surface area contributed by atoms with E-state index in [0.29, 0.717) is 23.7 Å². The number of methoxy groups -OCH3 is 1. The zero-order valence-electron chi connectivity index (χ0n) is 11.1. The number of aryl methyl sites for hydroxylation is 1. The summed E-state index contributed by atoms with van der Waals surface area (Å²) in [4.78, 5) is 10.8. The van der Waals surface area contributed by atoms with Crippen molar-refractivity contribution in [1.29, 1.82) is 0 Å². The molecule has 3 heteroatoms. The van der Waals surface area contributed by atoms with Crippen molar-refractivity contribution in [3.8, 4) is 11.5 Å². The molecule has 0 N–H and O–H groups in total. The van der Waals surface area contributed by atoms with Crippen LogP contribution in [0.5, 0.6) is 11.5 Å². The number of carbonyl (C=O) groups excluding carboxylic acids is 1. The lowest BCUT2D eigenvalue weighted by Gasteiger charge is -2.12. The highest BCUT2D eigenvalue weighted by Gasteiger charge is 2.06. The van der Waals surface area contributed by atoms with Crippen LogP contribution >= 0.6 is 0 Å². The van der Waals surface area contributed by atoms with Gasteiger partial charge in [0, 0.05) is 5.56 Å². The normalized spacial score (nSPS) is 10.0. The smallest absolute Gasteiger partial charge is 0.162 e. The first-order valence-corrected chi connectivity index (χ1v) is 6.05. The fourth-order valence-electron chi connectivity index (χ4n) is 1.81. The Hall–Kier alpha value is -2.29. The lowest BCUT2D eigenvalue weighted by molar-refractivity contribution is 0.112. The highest BCUT2D eigenvalue weighted by Crippen LogP contribution is 2.28. The molecule has 98 valence electrons. The SMILES string of the molecule is COc1ccc(C=O)cc1OCc1ccccc1C. The van der Waals surface area contributed by atoms with Gasteiger partial charge in [-0.05, 0) is 36.2 Å². The Morgan fingerprint density at radius 2 is 1.89 bits per heavy atom. The standard InChI is InChI=1S/C16H16O3/c1-12-5-3-4-6-14(12)11-19-16-9-13(10-17)7-8-15(16)18-2/h3-10H,11H2,1-2H3. The molecule has 0 saturated heterocycles. The van der Waals surface area contributed by atoms with Gasteiger partial charge in [0.05, 0.1) is 7.11 Å². The molecule has 0 heterocycles. The summed E-state index contributed by atoms with van der Waals surface area (Å²) in [6.07, 6.45) is 0.792. The van der Waals surface area contributed by atoms with Crippen molar-refractivity contribution >= 4 is 6.29 Å². The quantitative estimate of drug-likeness (QED) is 0.769. The lowest BCUT2D eigenvalue weighted by Crippen LogP contribution is -2.00. The van der Waals surface area contributed by atoms with Crippen LogP contribution in [0, 0.1) is 6.92 Å². The third-order valence-corrected chi connectivity index (χ3v) is 2.97. The van der Waals surface area contributed by atoms with Crippen molar-refractivity contribution < 1.29 is 14.3 Å². The molecule has 0 spiro atoms. The Morgan fingerprint density at radius 1 is 1.11 bits per heavy atom. The molecular weight excluding hydrogens is 240 g/mol. The molecule has 0 aromatic heterocycles. The molecule has 0 bridgehead atoms. The van der Waals surface area contributed by atoms with E-state index in [-0.39, 0.29) is 0 Å². The fraction of sp³-hybridized carbons (Fsp3) is 0.188. The highest BCUT2D eigenvalue weighted by atomic mass is 16.5. The van der Waals surface area contributed by atoms with E-state index in [1.807, 2.05) is 31.2 Å². The summed E-state index contributed by atoms with van der Waals surface area (Å²) in [6, 6.07) is 13.1. The number of carbonyl (C=O) groups is 1. The Morgan fingerprint density at radius 3 is 2.58 bits per heavy atom. The molecule has 0 radical (unpaired) electrons. The van der Waals surface area contributed by atoms with E-state index in [9.17, 15) is 4.79 Å². The molecule has 2 aromatic rings. The van der Waals surface area contributed by atoms with Crippen LogP contribution in [0.1, 0.15) is 21.5 Å². The molecule has 19 heavy (non-hydrogen) atoms. The molecule has 0 aliphatic heterocycles. The lowest BCUT2D eigenvalue weighted by atomic mass is 10.1. The maximum Gasteiger partial charge on any atom is 0.162 e. The minimum absolute atomic E-state index is 0.450. The summed E-state index contributed by atoms with van der Waals surface area (Å²) in [7, 11) is 1.58. The number of aldehydes is 1. The maximum atomic E-state index is 10.8. The Labute approximate surface area is 112 Å². The second-order valence-electron chi connectivity index (χ2n) is 4.24. The average Bonchev–Trinajstić information content (AvgIpc) is 2.46. The van der Waals surface area contributed by atoms with E-state index in [2.05, 4.69) is 0 Å². The third kappa shape index (κ3) is 3.13. The second kappa shape index (κ2) is 6.05. The maximum absolute atomic E-state index is 10.8. The minimum Gasteiger partial charge on any atom is -0.493 e.